The molecule has 1 aromatic heterocycles. The van der Waals surface area contributed by atoms with Gasteiger partial charge in [0.15, 0.2) is 0 Å². The summed E-state index contributed by atoms with van der Waals surface area (Å²) in [6.07, 6.45) is -1.90. The molecule has 0 saturated carbocycles. The van der Waals surface area contributed by atoms with Gasteiger partial charge in [0.2, 0.25) is 5.91 Å². The van der Waals surface area contributed by atoms with Gasteiger partial charge in [-0.15, -0.1) is 0 Å². The fourth-order valence-corrected chi connectivity index (χ4v) is 2.50. The van der Waals surface area contributed by atoms with Crippen molar-refractivity contribution >= 4 is 11.6 Å². The van der Waals surface area contributed by atoms with Gasteiger partial charge in [-0.3, -0.25) is 4.79 Å². The maximum atomic E-state index is 12.8. The van der Waals surface area contributed by atoms with Gasteiger partial charge in [0.1, 0.15) is 0 Å². The number of hydrogen-bond donors (Lipinski definition) is 3. The SMILES string of the molecule is O=C(Nc1cnn(-c2cccc(C(F)(F)F)c2)c1)C1CC(O)CN1. The lowest BCUT2D eigenvalue weighted by Crippen LogP contribution is -2.35. The molecule has 1 aromatic carbocycles. The van der Waals surface area contributed by atoms with Crippen molar-refractivity contribution in [2.45, 2.75) is 24.7 Å². The van der Waals surface area contributed by atoms with E-state index in [-0.39, 0.29) is 11.6 Å². The van der Waals surface area contributed by atoms with Crippen LogP contribution in [0, 0.1) is 0 Å². The minimum atomic E-state index is -4.44. The molecule has 1 saturated heterocycles. The number of amides is 1. The van der Waals surface area contributed by atoms with Crippen LogP contribution in [0.5, 0.6) is 0 Å². The molecule has 2 unspecified atom stereocenters. The third-order valence-corrected chi connectivity index (χ3v) is 3.71. The van der Waals surface area contributed by atoms with Crippen LogP contribution in [-0.2, 0) is 11.0 Å². The summed E-state index contributed by atoms with van der Waals surface area (Å²) in [5.74, 6) is -0.324. The van der Waals surface area contributed by atoms with E-state index in [4.69, 9.17) is 0 Å². The molecule has 0 spiro atoms. The standard InChI is InChI=1S/C15H15F3N4O2/c16-15(17,18)9-2-1-3-11(4-9)22-8-10(6-20-22)21-14(24)13-5-12(23)7-19-13/h1-4,6,8,12-13,19,23H,5,7H2,(H,21,24). The predicted molar refractivity (Wildman–Crippen MR) is 79.6 cm³/mol. The topological polar surface area (TPSA) is 79.2 Å². The summed E-state index contributed by atoms with van der Waals surface area (Å²) in [6.45, 7) is 0.349. The Hall–Kier alpha value is -2.39. The zero-order valence-electron chi connectivity index (χ0n) is 12.4. The number of carbonyl (C=O) groups excluding carboxylic acids is 1. The minimum Gasteiger partial charge on any atom is -0.392 e. The second-order valence-corrected chi connectivity index (χ2v) is 5.56. The van der Waals surface area contributed by atoms with Gasteiger partial charge in [0.05, 0.1) is 41.5 Å². The van der Waals surface area contributed by atoms with E-state index in [1.165, 1.54) is 29.2 Å². The van der Waals surface area contributed by atoms with Gasteiger partial charge in [-0.2, -0.15) is 18.3 Å². The van der Waals surface area contributed by atoms with Crippen molar-refractivity contribution in [3.8, 4) is 5.69 Å². The molecule has 128 valence electrons. The van der Waals surface area contributed by atoms with Gasteiger partial charge < -0.3 is 15.7 Å². The number of aliphatic hydroxyl groups excluding tert-OH is 1. The summed E-state index contributed by atoms with van der Waals surface area (Å²) in [7, 11) is 0. The van der Waals surface area contributed by atoms with Gasteiger partial charge in [0, 0.05) is 6.54 Å². The van der Waals surface area contributed by atoms with Crippen molar-refractivity contribution in [3.05, 3.63) is 42.2 Å². The number of hydrogen-bond acceptors (Lipinski definition) is 4. The summed E-state index contributed by atoms with van der Waals surface area (Å²) in [5, 5.41) is 18.9. The third-order valence-electron chi connectivity index (χ3n) is 3.71. The summed E-state index contributed by atoms with van der Waals surface area (Å²) in [6, 6.07) is 4.24. The van der Waals surface area contributed by atoms with Crippen LogP contribution in [0.25, 0.3) is 5.69 Å². The van der Waals surface area contributed by atoms with Crippen LogP contribution in [0.4, 0.5) is 18.9 Å². The molecular formula is C15H15F3N4O2. The number of alkyl halides is 3. The van der Waals surface area contributed by atoms with E-state index in [0.29, 0.717) is 18.7 Å². The average molecular weight is 340 g/mol. The quantitative estimate of drug-likeness (QED) is 0.792. The van der Waals surface area contributed by atoms with Crippen molar-refractivity contribution in [2.24, 2.45) is 0 Å². The molecule has 2 atom stereocenters. The van der Waals surface area contributed by atoms with E-state index in [0.717, 1.165) is 12.1 Å². The van der Waals surface area contributed by atoms with Gasteiger partial charge in [-0.05, 0) is 24.6 Å². The van der Waals surface area contributed by atoms with Crippen LogP contribution < -0.4 is 10.6 Å². The molecule has 1 amide bonds. The fraction of sp³-hybridized carbons (Fsp3) is 0.333. The first-order valence-corrected chi connectivity index (χ1v) is 7.27. The minimum absolute atomic E-state index is 0.236. The van der Waals surface area contributed by atoms with E-state index < -0.39 is 23.9 Å². The first-order chi connectivity index (χ1) is 11.3. The van der Waals surface area contributed by atoms with Crippen LogP contribution in [0.2, 0.25) is 0 Å². The van der Waals surface area contributed by atoms with E-state index in [9.17, 15) is 23.1 Å². The highest BCUT2D eigenvalue weighted by Gasteiger charge is 2.31. The molecule has 0 aliphatic carbocycles. The molecule has 0 radical (unpaired) electrons. The van der Waals surface area contributed by atoms with Gasteiger partial charge in [-0.25, -0.2) is 4.68 Å². The maximum absolute atomic E-state index is 12.8. The van der Waals surface area contributed by atoms with Crippen molar-refractivity contribution in [1.29, 1.82) is 0 Å². The van der Waals surface area contributed by atoms with Crippen molar-refractivity contribution in [1.82, 2.24) is 15.1 Å². The lowest BCUT2D eigenvalue weighted by Gasteiger charge is -2.09. The normalized spacial score (nSPS) is 21.0. The Labute approximate surface area is 135 Å². The Bertz CT molecular complexity index is 744. The van der Waals surface area contributed by atoms with Crippen molar-refractivity contribution < 1.29 is 23.1 Å². The number of nitrogens with one attached hydrogen (secondary N) is 2. The summed E-state index contributed by atoms with van der Waals surface area (Å²) < 4.78 is 39.5. The molecule has 6 nitrogen and oxygen atoms in total. The third kappa shape index (κ3) is 3.57. The molecular weight excluding hydrogens is 325 g/mol. The Balaban J connectivity index is 1.73. The smallest absolute Gasteiger partial charge is 0.392 e. The zero-order valence-corrected chi connectivity index (χ0v) is 12.4. The monoisotopic (exact) mass is 340 g/mol. The highest BCUT2D eigenvalue weighted by molar-refractivity contribution is 5.94. The number of benzene rings is 1. The highest BCUT2D eigenvalue weighted by atomic mass is 19.4. The molecule has 2 aromatic rings. The van der Waals surface area contributed by atoms with E-state index in [2.05, 4.69) is 15.7 Å². The first-order valence-electron chi connectivity index (χ1n) is 7.27. The van der Waals surface area contributed by atoms with Gasteiger partial charge >= 0.3 is 6.18 Å². The number of aromatic nitrogens is 2. The summed E-state index contributed by atoms with van der Waals surface area (Å²) >= 11 is 0. The number of carbonyl (C=O) groups is 1. The van der Waals surface area contributed by atoms with E-state index in [1.807, 2.05) is 0 Å². The molecule has 3 rings (SSSR count). The zero-order chi connectivity index (χ0) is 17.3. The number of nitrogens with zero attached hydrogens (tertiary/aromatic N) is 2. The van der Waals surface area contributed by atoms with E-state index in [1.54, 1.807) is 0 Å². The van der Waals surface area contributed by atoms with Crippen LogP contribution >= 0.6 is 0 Å². The molecule has 1 aliphatic rings. The molecule has 2 heterocycles. The van der Waals surface area contributed by atoms with Crippen LogP contribution in [-0.4, -0.2) is 39.5 Å². The van der Waals surface area contributed by atoms with E-state index >= 15 is 0 Å². The number of halogens is 3. The van der Waals surface area contributed by atoms with Gasteiger partial charge in [-0.1, -0.05) is 6.07 Å². The van der Waals surface area contributed by atoms with Crippen LogP contribution in [0.15, 0.2) is 36.7 Å². The van der Waals surface area contributed by atoms with Crippen LogP contribution in [0.3, 0.4) is 0 Å². The molecule has 1 fully saturated rings. The number of anilines is 1. The highest BCUT2D eigenvalue weighted by Crippen LogP contribution is 2.30. The lowest BCUT2D eigenvalue weighted by atomic mass is 10.2. The Morgan fingerprint density at radius 2 is 2.21 bits per heavy atom. The molecule has 9 heteroatoms. The Morgan fingerprint density at radius 1 is 1.42 bits per heavy atom. The second kappa shape index (κ2) is 6.25. The second-order valence-electron chi connectivity index (χ2n) is 5.56. The average Bonchev–Trinajstić information content (AvgIpc) is 3.16. The molecule has 24 heavy (non-hydrogen) atoms. The summed E-state index contributed by atoms with van der Waals surface area (Å²) in [4.78, 5) is 12.0. The van der Waals surface area contributed by atoms with Crippen molar-refractivity contribution in [3.63, 3.8) is 0 Å². The Morgan fingerprint density at radius 3 is 2.88 bits per heavy atom. The number of rotatable bonds is 3. The molecule has 1 aliphatic heterocycles. The largest absolute Gasteiger partial charge is 0.416 e. The van der Waals surface area contributed by atoms with Gasteiger partial charge in [0.25, 0.3) is 0 Å². The molecule has 3 N–H and O–H groups in total. The predicted octanol–water partition coefficient (Wildman–Crippen LogP) is 1.55. The molecule has 0 bridgehead atoms. The lowest BCUT2D eigenvalue weighted by molar-refractivity contribution is -0.137. The number of β-amino-alcohol motifs (C(OH)–C–C–N with tert-alkyl or cyclic N) is 1. The van der Waals surface area contributed by atoms with Crippen molar-refractivity contribution in [2.75, 3.05) is 11.9 Å². The number of aliphatic hydroxyl groups is 1. The fourth-order valence-electron chi connectivity index (χ4n) is 2.50. The summed E-state index contributed by atoms with van der Waals surface area (Å²) in [5.41, 5.74) is -0.175. The maximum Gasteiger partial charge on any atom is 0.416 e. The Kier molecular flexibility index (Phi) is 4.29. The van der Waals surface area contributed by atoms with Crippen LogP contribution in [0.1, 0.15) is 12.0 Å². The first kappa shape index (κ1) is 16.5.